The van der Waals surface area contributed by atoms with E-state index in [0.29, 0.717) is 0 Å². The average Bonchev–Trinajstić information content (AvgIpc) is 2.33. The maximum absolute atomic E-state index is 13.5. The Labute approximate surface area is 140 Å². The summed E-state index contributed by atoms with van der Waals surface area (Å²) in [5, 5.41) is 1.91. The molecule has 0 N–H and O–H groups in total. The van der Waals surface area contributed by atoms with Crippen LogP contribution in [0, 0.1) is 0 Å². The van der Waals surface area contributed by atoms with Crippen molar-refractivity contribution in [2.45, 2.75) is 78.7 Å². The summed E-state index contributed by atoms with van der Waals surface area (Å²) in [6.07, 6.45) is 0. The third-order valence-corrected chi connectivity index (χ3v) is 4.29. The Morgan fingerprint density at radius 3 is 1.83 bits per heavy atom. The summed E-state index contributed by atoms with van der Waals surface area (Å²) in [6, 6.07) is 8.43. The molecule has 0 atom stereocenters. The molecule has 1 heterocycles. The van der Waals surface area contributed by atoms with Crippen LogP contribution in [-0.4, -0.2) is 4.57 Å². The minimum absolute atomic E-state index is 0.0579. The highest BCUT2D eigenvalue weighted by Gasteiger charge is 2.28. The summed E-state index contributed by atoms with van der Waals surface area (Å²) >= 11 is 0. The van der Waals surface area contributed by atoms with Gasteiger partial charge < -0.3 is 4.57 Å². The number of aromatic nitrogens is 1. The van der Waals surface area contributed by atoms with Gasteiger partial charge in [-0.05, 0) is 43.2 Å². The normalized spacial score (nSPS) is 13.6. The van der Waals surface area contributed by atoms with E-state index in [9.17, 15) is 4.79 Å². The molecule has 0 saturated heterocycles. The van der Waals surface area contributed by atoms with E-state index in [1.54, 1.807) is 0 Å². The second-order valence-electron chi connectivity index (χ2n) is 9.61. The quantitative estimate of drug-likeness (QED) is 0.642. The van der Waals surface area contributed by atoms with E-state index in [4.69, 9.17) is 0 Å². The zero-order valence-corrected chi connectivity index (χ0v) is 16.2. The Hall–Kier alpha value is -1.57. The van der Waals surface area contributed by atoms with Gasteiger partial charge in [0, 0.05) is 16.6 Å². The first-order valence-corrected chi connectivity index (χ1v) is 8.45. The van der Waals surface area contributed by atoms with E-state index in [0.717, 1.165) is 22.0 Å². The van der Waals surface area contributed by atoms with Gasteiger partial charge in [0.15, 0.2) is 0 Å². The van der Waals surface area contributed by atoms with Crippen molar-refractivity contribution in [3.8, 4) is 0 Å². The molecule has 0 amide bonds. The molecular weight excluding hydrogens is 282 g/mol. The molecule has 2 nitrogen and oxygen atoms in total. The summed E-state index contributed by atoms with van der Waals surface area (Å²) in [7, 11) is 0. The predicted octanol–water partition coefficient (Wildman–Crippen LogP) is 5.35. The van der Waals surface area contributed by atoms with Gasteiger partial charge >= 0.3 is 0 Å². The minimum atomic E-state index is -0.251. The van der Waals surface area contributed by atoms with Gasteiger partial charge in [0.25, 0.3) is 5.56 Å². The Morgan fingerprint density at radius 1 is 0.826 bits per heavy atom. The molecule has 0 aliphatic heterocycles. The molecule has 0 aliphatic rings. The number of fused-ring (bicyclic) bond motifs is 1. The van der Waals surface area contributed by atoms with Crippen molar-refractivity contribution in [3.63, 3.8) is 0 Å². The molecule has 0 radical (unpaired) electrons. The molecular formula is C21H31NO. The number of nitrogens with zero attached hydrogens (tertiary/aromatic N) is 1. The van der Waals surface area contributed by atoms with Gasteiger partial charge in [-0.3, -0.25) is 4.79 Å². The van der Waals surface area contributed by atoms with Crippen molar-refractivity contribution in [2.75, 3.05) is 0 Å². The van der Waals surface area contributed by atoms with Crippen LogP contribution >= 0.6 is 0 Å². The number of hydrogen-bond donors (Lipinski definition) is 0. The fourth-order valence-electron chi connectivity index (χ4n) is 3.21. The fourth-order valence-corrected chi connectivity index (χ4v) is 3.21. The van der Waals surface area contributed by atoms with Crippen molar-refractivity contribution in [3.05, 3.63) is 45.9 Å². The summed E-state index contributed by atoms with van der Waals surface area (Å²) in [6.45, 7) is 19.3. The van der Waals surface area contributed by atoms with Crippen LogP contribution in [0.2, 0.25) is 0 Å². The molecule has 1 aromatic carbocycles. The molecule has 0 saturated carbocycles. The monoisotopic (exact) mass is 313 g/mol. The van der Waals surface area contributed by atoms with Gasteiger partial charge in [0.05, 0.1) is 5.39 Å². The molecule has 2 aromatic rings. The lowest BCUT2D eigenvalue weighted by Gasteiger charge is -2.33. The highest BCUT2D eigenvalue weighted by Crippen LogP contribution is 2.32. The maximum Gasteiger partial charge on any atom is 0.259 e. The zero-order valence-electron chi connectivity index (χ0n) is 16.2. The van der Waals surface area contributed by atoms with Crippen LogP contribution in [0.25, 0.3) is 10.8 Å². The van der Waals surface area contributed by atoms with Gasteiger partial charge in [-0.2, -0.15) is 0 Å². The Balaban J connectivity index is 3.08. The van der Waals surface area contributed by atoms with E-state index in [1.165, 1.54) is 0 Å². The van der Waals surface area contributed by atoms with E-state index < -0.39 is 0 Å². The highest BCUT2D eigenvalue weighted by atomic mass is 16.1. The van der Waals surface area contributed by atoms with Crippen LogP contribution in [0.15, 0.2) is 29.1 Å². The Kier molecular flexibility index (Phi) is 4.04. The first-order valence-electron chi connectivity index (χ1n) is 8.45. The lowest BCUT2D eigenvalue weighted by atomic mass is 9.82. The SMILES string of the molecule is CC(C)(C)c1cccc2cc(C(C)(C)C)n(C(C)(C)C)c(=O)c12. The lowest BCUT2D eigenvalue weighted by Crippen LogP contribution is -2.40. The van der Waals surface area contributed by atoms with Crippen molar-refractivity contribution >= 4 is 10.8 Å². The van der Waals surface area contributed by atoms with Crippen molar-refractivity contribution in [1.29, 1.82) is 0 Å². The molecule has 0 spiro atoms. The number of hydrogen-bond acceptors (Lipinski definition) is 1. The van der Waals surface area contributed by atoms with Crippen LogP contribution in [0.1, 0.15) is 73.6 Å². The largest absolute Gasteiger partial charge is 0.306 e. The summed E-state index contributed by atoms with van der Waals surface area (Å²) in [5.41, 5.74) is 1.95. The molecule has 0 aliphatic carbocycles. The van der Waals surface area contributed by atoms with E-state index in [-0.39, 0.29) is 21.9 Å². The molecule has 1 aromatic heterocycles. The predicted molar refractivity (Wildman–Crippen MR) is 101 cm³/mol. The van der Waals surface area contributed by atoms with Gasteiger partial charge in [-0.15, -0.1) is 0 Å². The Morgan fingerprint density at radius 2 is 1.39 bits per heavy atom. The Bertz CT molecular complexity index is 790. The highest BCUT2D eigenvalue weighted by molar-refractivity contribution is 5.86. The first-order chi connectivity index (χ1) is 10.2. The van der Waals surface area contributed by atoms with Gasteiger partial charge in [0.2, 0.25) is 0 Å². The lowest BCUT2D eigenvalue weighted by molar-refractivity contribution is 0.347. The van der Waals surface area contributed by atoms with Crippen LogP contribution in [0.4, 0.5) is 0 Å². The fraction of sp³-hybridized carbons (Fsp3) is 0.571. The zero-order chi connectivity index (χ0) is 17.8. The van der Waals surface area contributed by atoms with Crippen LogP contribution in [0.5, 0.6) is 0 Å². The smallest absolute Gasteiger partial charge is 0.259 e. The van der Waals surface area contributed by atoms with Crippen LogP contribution in [0.3, 0.4) is 0 Å². The van der Waals surface area contributed by atoms with Crippen molar-refractivity contribution in [1.82, 2.24) is 4.57 Å². The summed E-state index contributed by atoms with van der Waals surface area (Å²) < 4.78 is 1.99. The third-order valence-electron chi connectivity index (χ3n) is 4.29. The van der Waals surface area contributed by atoms with Gasteiger partial charge in [0.1, 0.15) is 0 Å². The standard InChI is InChI=1S/C21H31NO/c1-19(2,3)15-12-10-11-14-13-16(20(4,5)6)22(21(7,8)9)18(23)17(14)15/h10-13H,1-9H3. The van der Waals surface area contributed by atoms with Crippen molar-refractivity contribution in [2.24, 2.45) is 0 Å². The summed E-state index contributed by atoms with van der Waals surface area (Å²) in [4.78, 5) is 13.5. The number of rotatable bonds is 0. The van der Waals surface area contributed by atoms with Crippen molar-refractivity contribution < 1.29 is 0 Å². The van der Waals surface area contributed by atoms with E-state index >= 15 is 0 Å². The topological polar surface area (TPSA) is 22.0 Å². The maximum atomic E-state index is 13.5. The number of benzene rings is 1. The molecule has 2 heteroatoms. The minimum Gasteiger partial charge on any atom is -0.306 e. The second-order valence-corrected chi connectivity index (χ2v) is 9.61. The molecule has 126 valence electrons. The average molecular weight is 313 g/mol. The number of pyridine rings is 1. The molecule has 23 heavy (non-hydrogen) atoms. The van der Waals surface area contributed by atoms with Gasteiger partial charge in [-0.1, -0.05) is 59.7 Å². The molecule has 0 unspecified atom stereocenters. The van der Waals surface area contributed by atoms with E-state index in [2.05, 4.69) is 86.6 Å². The third kappa shape index (κ3) is 3.22. The van der Waals surface area contributed by atoms with Gasteiger partial charge in [-0.25, -0.2) is 0 Å². The van der Waals surface area contributed by atoms with Crippen LogP contribution in [-0.2, 0) is 16.4 Å². The van der Waals surface area contributed by atoms with Crippen LogP contribution < -0.4 is 5.56 Å². The summed E-state index contributed by atoms with van der Waals surface area (Å²) in [5.74, 6) is 0. The van der Waals surface area contributed by atoms with E-state index in [1.807, 2.05) is 4.57 Å². The molecule has 0 bridgehead atoms. The molecule has 2 rings (SSSR count). The first kappa shape index (κ1) is 17.8. The second kappa shape index (κ2) is 5.22. The molecule has 0 fully saturated rings.